The monoisotopic (exact) mass is 708 g/mol. The van der Waals surface area contributed by atoms with Crippen LogP contribution < -0.4 is 15.0 Å². The molecule has 9 heteroatoms. The van der Waals surface area contributed by atoms with Crippen LogP contribution in [0.4, 0.5) is 5.69 Å². The second kappa shape index (κ2) is 9.88. The Morgan fingerprint density at radius 1 is 1.23 bits per heavy atom. The zero-order valence-corrected chi connectivity index (χ0v) is 22.4. The molecule has 30 heavy (non-hydrogen) atoms. The van der Waals surface area contributed by atoms with Crippen molar-refractivity contribution in [3.8, 4) is 5.75 Å². The molecule has 0 aliphatic carbocycles. The van der Waals surface area contributed by atoms with Crippen molar-refractivity contribution in [1.29, 1.82) is 0 Å². The maximum absolute atomic E-state index is 13.2. The fourth-order valence-corrected chi connectivity index (χ4v) is 5.73. The van der Waals surface area contributed by atoms with Crippen molar-refractivity contribution in [2.24, 2.45) is 0 Å². The van der Waals surface area contributed by atoms with E-state index in [4.69, 9.17) is 17.0 Å². The summed E-state index contributed by atoms with van der Waals surface area (Å²) in [4.78, 5) is 27.1. The Morgan fingerprint density at radius 3 is 2.50 bits per heavy atom. The standard InChI is InChI=1S/C21H15BrI2N2O3S/c1-3-6-29-18-15(23)9-12(10-16(18)24)8-14-19(27)25-21(30)26(20(14)28)17-5-4-13(22)7-11(17)2/h3-5,7-10H,1,6H2,2H3,(H,25,27,30)/b14-8+. The normalized spacial score (nSPS) is 15.4. The number of thiocarbonyl (C=S) groups is 1. The molecule has 1 heterocycles. The number of carbonyl (C=O) groups excluding carboxylic acids is 2. The molecule has 0 bridgehead atoms. The Balaban J connectivity index is 2.01. The lowest BCUT2D eigenvalue weighted by Crippen LogP contribution is -2.54. The predicted octanol–water partition coefficient (Wildman–Crippen LogP) is 5.36. The second-order valence-corrected chi connectivity index (χ2v) is 9.93. The van der Waals surface area contributed by atoms with Gasteiger partial charge in [-0.2, -0.15) is 0 Å². The molecule has 2 amide bonds. The fraction of sp³-hybridized carbons (Fsp3) is 0.0952. The molecule has 2 aromatic rings. The van der Waals surface area contributed by atoms with Crippen LogP contribution in [0.1, 0.15) is 11.1 Å². The molecule has 0 radical (unpaired) electrons. The van der Waals surface area contributed by atoms with Crippen molar-refractivity contribution in [3.63, 3.8) is 0 Å². The fourth-order valence-electron chi connectivity index (χ4n) is 2.86. The molecule has 0 spiro atoms. The van der Waals surface area contributed by atoms with Gasteiger partial charge < -0.3 is 4.74 Å². The molecule has 0 atom stereocenters. The molecule has 1 N–H and O–H groups in total. The third-order valence-corrected chi connectivity index (χ3v) is 6.56. The van der Waals surface area contributed by atoms with Gasteiger partial charge in [0.15, 0.2) is 5.11 Å². The van der Waals surface area contributed by atoms with Crippen LogP contribution in [0.2, 0.25) is 0 Å². The van der Waals surface area contributed by atoms with Gasteiger partial charge in [0.1, 0.15) is 17.9 Å². The first-order valence-corrected chi connectivity index (χ1v) is 12.0. The lowest BCUT2D eigenvalue weighted by Gasteiger charge is -2.30. The maximum Gasteiger partial charge on any atom is 0.270 e. The Kier molecular flexibility index (Phi) is 7.69. The number of nitrogens with zero attached hydrogens (tertiary/aromatic N) is 1. The van der Waals surface area contributed by atoms with E-state index in [-0.39, 0.29) is 10.7 Å². The van der Waals surface area contributed by atoms with Gasteiger partial charge >= 0.3 is 0 Å². The van der Waals surface area contributed by atoms with Crippen LogP contribution in [0.5, 0.6) is 5.75 Å². The number of aryl methyl sites for hydroxylation is 1. The highest BCUT2D eigenvalue weighted by atomic mass is 127. The molecule has 1 saturated heterocycles. The minimum Gasteiger partial charge on any atom is -0.487 e. The Morgan fingerprint density at radius 2 is 1.90 bits per heavy atom. The number of hydrogen-bond acceptors (Lipinski definition) is 4. The van der Waals surface area contributed by atoms with E-state index in [2.05, 4.69) is 73.0 Å². The highest BCUT2D eigenvalue weighted by molar-refractivity contribution is 14.1. The predicted molar refractivity (Wildman–Crippen MR) is 143 cm³/mol. The van der Waals surface area contributed by atoms with Crippen molar-refractivity contribution < 1.29 is 14.3 Å². The molecule has 1 aliphatic heterocycles. The van der Waals surface area contributed by atoms with Gasteiger partial charge in [-0.25, -0.2) is 0 Å². The highest BCUT2D eigenvalue weighted by Gasteiger charge is 2.35. The number of hydrogen-bond donors (Lipinski definition) is 1. The third kappa shape index (κ3) is 4.94. The van der Waals surface area contributed by atoms with E-state index in [1.54, 1.807) is 18.2 Å². The quantitative estimate of drug-likeness (QED) is 0.150. The van der Waals surface area contributed by atoms with Crippen LogP contribution in [0.25, 0.3) is 6.08 Å². The SMILES string of the molecule is C=CCOc1c(I)cc(/C=C2\C(=O)NC(=S)N(c3ccc(Br)cc3C)C2=O)cc1I. The van der Waals surface area contributed by atoms with E-state index in [1.807, 2.05) is 31.2 Å². The first-order valence-electron chi connectivity index (χ1n) is 8.63. The largest absolute Gasteiger partial charge is 0.487 e. The van der Waals surface area contributed by atoms with E-state index in [9.17, 15) is 9.59 Å². The summed E-state index contributed by atoms with van der Waals surface area (Å²) in [6, 6.07) is 9.21. The number of ether oxygens (including phenoxy) is 1. The number of halogens is 3. The minimum absolute atomic E-state index is 0.0114. The molecule has 0 unspecified atom stereocenters. The summed E-state index contributed by atoms with van der Waals surface area (Å²) < 4.78 is 8.31. The van der Waals surface area contributed by atoms with Crippen LogP contribution in [0.3, 0.4) is 0 Å². The third-order valence-electron chi connectivity index (χ3n) is 4.18. The molecule has 0 saturated carbocycles. The summed E-state index contributed by atoms with van der Waals surface area (Å²) in [5.41, 5.74) is 2.20. The molecular formula is C21H15BrI2N2O3S. The Bertz CT molecular complexity index is 1090. The zero-order valence-electron chi connectivity index (χ0n) is 15.7. The van der Waals surface area contributed by atoms with Crippen molar-refractivity contribution in [2.75, 3.05) is 11.5 Å². The number of rotatable bonds is 5. The van der Waals surface area contributed by atoms with E-state index < -0.39 is 11.8 Å². The van der Waals surface area contributed by atoms with Crippen molar-refractivity contribution in [1.82, 2.24) is 5.32 Å². The van der Waals surface area contributed by atoms with Gasteiger partial charge in [-0.15, -0.1) is 0 Å². The number of benzene rings is 2. The summed E-state index contributed by atoms with van der Waals surface area (Å²) in [6.07, 6.45) is 3.25. The van der Waals surface area contributed by atoms with E-state index >= 15 is 0 Å². The van der Waals surface area contributed by atoms with Crippen molar-refractivity contribution >= 4 is 102 Å². The van der Waals surface area contributed by atoms with Gasteiger partial charge in [0.25, 0.3) is 11.8 Å². The first-order chi connectivity index (χ1) is 14.2. The molecule has 3 rings (SSSR count). The molecule has 5 nitrogen and oxygen atoms in total. The number of anilines is 1. The summed E-state index contributed by atoms with van der Waals surface area (Å²) in [5.74, 6) is -0.245. The maximum atomic E-state index is 13.2. The van der Waals surface area contributed by atoms with Crippen LogP contribution in [0.15, 0.2) is 53.0 Å². The lowest BCUT2D eigenvalue weighted by molar-refractivity contribution is -0.122. The second-order valence-electron chi connectivity index (χ2n) is 6.30. The van der Waals surface area contributed by atoms with Gasteiger partial charge in [0, 0.05) is 4.47 Å². The topological polar surface area (TPSA) is 58.6 Å². The molecule has 1 aliphatic rings. The van der Waals surface area contributed by atoms with E-state index in [0.29, 0.717) is 17.9 Å². The molecule has 1 fully saturated rings. The van der Waals surface area contributed by atoms with Crippen LogP contribution in [-0.4, -0.2) is 23.5 Å². The molecular weight excluding hydrogens is 694 g/mol. The average molecular weight is 709 g/mol. The Labute approximate surface area is 215 Å². The van der Waals surface area contributed by atoms with Gasteiger partial charge in [-0.05, 0) is 112 Å². The molecule has 154 valence electrons. The zero-order chi connectivity index (χ0) is 22.0. The number of amides is 2. The van der Waals surface area contributed by atoms with Crippen LogP contribution >= 0.6 is 73.3 Å². The highest BCUT2D eigenvalue weighted by Crippen LogP contribution is 2.31. The summed E-state index contributed by atoms with van der Waals surface area (Å²) in [6.45, 7) is 5.93. The lowest BCUT2D eigenvalue weighted by atomic mass is 10.1. The van der Waals surface area contributed by atoms with Crippen LogP contribution in [-0.2, 0) is 9.59 Å². The van der Waals surface area contributed by atoms with E-state index in [1.165, 1.54) is 4.90 Å². The average Bonchev–Trinajstić information content (AvgIpc) is 2.66. The minimum atomic E-state index is -0.520. The molecule has 2 aromatic carbocycles. The smallest absolute Gasteiger partial charge is 0.270 e. The van der Waals surface area contributed by atoms with Gasteiger partial charge in [0.05, 0.1) is 12.8 Å². The molecule has 0 aromatic heterocycles. The Hall–Kier alpha value is -1.31. The summed E-state index contributed by atoms with van der Waals surface area (Å²) in [7, 11) is 0. The number of nitrogens with one attached hydrogen (secondary N) is 1. The summed E-state index contributed by atoms with van der Waals surface area (Å²) >= 11 is 13.0. The van der Waals surface area contributed by atoms with Crippen molar-refractivity contribution in [2.45, 2.75) is 6.92 Å². The van der Waals surface area contributed by atoms with Gasteiger partial charge in [0.2, 0.25) is 0 Å². The first kappa shape index (κ1) is 23.4. The van der Waals surface area contributed by atoms with E-state index in [0.717, 1.165) is 22.9 Å². The van der Waals surface area contributed by atoms with Gasteiger partial charge in [-0.1, -0.05) is 28.6 Å². The number of carbonyl (C=O) groups is 2. The van der Waals surface area contributed by atoms with Gasteiger partial charge in [-0.3, -0.25) is 19.8 Å². The summed E-state index contributed by atoms with van der Waals surface area (Å²) in [5, 5.41) is 2.68. The van der Waals surface area contributed by atoms with Crippen molar-refractivity contribution in [3.05, 3.63) is 71.3 Å². The van der Waals surface area contributed by atoms with Crippen LogP contribution in [0, 0.1) is 14.1 Å².